The predicted molar refractivity (Wildman–Crippen MR) is 51.9 cm³/mol. The molecule has 0 atom stereocenters. The van der Waals surface area contributed by atoms with Crippen LogP contribution in [0.25, 0.3) is 11.0 Å². The topological polar surface area (TPSA) is 9.86 Å². The van der Waals surface area contributed by atoms with Crippen molar-refractivity contribution in [1.29, 1.82) is 0 Å². The van der Waals surface area contributed by atoms with Gasteiger partial charge in [0.25, 0.3) is 0 Å². The second-order valence-corrected chi connectivity index (χ2v) is 4.17. The Morgan fingerprint density at radius 1 is 1.00 bits per heavy atom. The Bertz CT molecular complexity index is 444. The van der Waals surface area contributed by atoms with Crippen molar-refractivity contribution in [2.24, 2.45) is 0 Å². The zero-order chi connectivity index (χ0) is 8.72. The third-order valence-electron chi connectivity index (χ3n) is 1.66. The third-order valence-corrected chi connectivity index (χ3v) is 4.27. The van der Waals surface area contributed by atoms with Gasteiger partial charge in [0.2, 0.25) is 0 Å². The second-order valence-electron chi connectivity index (χ2n) is 2.35. The molecule has 0 radical (unpaired) electrons. The molecule has 66 valence electrons. The van der Waals surface area contributed by atoms with Gasteiger partial charge < -0.3 is 0 Å². The molecule has 2 aromatic rings. The summed E-state index contributed by atoms with van der Waals surface area (Å²) in [6, 6.07) is 7.99. The van der Waals surface area contributed by atoms with Crippen molar-refractivity contribution in [2.75, 3.05) is 0 Å². The number of nitrogens with zero attached hydrogens (tertiary/aromatic N) is 2. The van der Waals surface area contributed by atoms with E-state index in [4.69, 9.17) is 0 Å². The number of benzene rings is 1. The minimum atomic E-state index is 0.975. The number of hydrogen-bond acceptors (Lipinski definition) is 2. The van der Waals surface area contributed by atoms with E-state index in [0.29, 0.717) is 0 Å². The molecule has 0 unspecified atom stereocenters. The van der Waals surface area contributed by atoms with Crippen LogP contribution in [0.5, 0.6) is 0 Å². The molecule has 0 bridgehead atoms. The normalized spacial score (nSPS) is 11.0. The number of aromatic nitrogens is 2. The van der Waals surface area contributed by atoms with Crippen molar-refractivity contribution in [3.05, 3.63) is 28.1 Å². The Morgan fingerprint density at radius 2 is 1.42 bits per heavy atom. The first-order valence-electron chi connectivity index (χ1n) is 3.28. The summed E-state index contributed by atoms with van der Waals surface area (Å²) in [5, 5.41) is 0. The van der Waals surface area contributed by atoms with Gasteiger partial charge in [-0.2, -0.15) is 0 Å². The van der Waals surface area contributed by atoms with Crippen LogP contribution in [0.3, 0.4) is 0 Å². The first-order valence-corrected chi connectivity index (χ1v) is 5.22. The molecule has 0 fully saturated rings. The van der Waals surface area contributed by atoms with Gasteiger partial charge in [-0.3, -0.25) is 0 Å². The monoisotopic (exact) mass is 377 g/mol. The van der Waals surface area contributed by atoms with Gasteiger partial charge in [-0.05, 0) is 0 Å². The van der Waals surface area contributed by atoms with Gasteiger partial charge >= 0.3 is 92.0 Å². The Hall–Kier alpha value is 0.0783. The Labute approximate surface area is 91.7 Å². The zero-order valence-corrected chi connectivity index (χ0v) is 9.98. The molecule has 2 nitrogen and oxygen atoms in total. The van der Waals surface area contributed by atoms with Crippen LogP contribution in [-0.2, 0) is 19.4 Å². The van der Waals surface area contributed by atoms with Gasteiger partial charge in [0.1, 0.15) is 0 Å². The van der Waals surface area contributed by atoms with E-state index in [1.165, 1.54) is 0 Å². The molecule has 0 N–H and O–H groups in total. The van der Waals surface area contributed by atoms with Gasteiger partial charge in [0.05, 0.1) is 0 Å². The maximum absolute atomic E-state index is 4.32. The number of thiol groups is 2. The van der Waals surface area contributed by atoms with E-state index in [1.807, 2.05) is 32.2 Å². The molecule has 0 aliphatic heterocycles. The van der Waals surface area contributed by atoms with Crippen LogP contribution in [0.2, 0.25) is 0 Å². The molecule has 0 spiro atoms. The van der Waals surface area contributed by atoms with Gasteiger partial charge in [0.15, 0.2) is 0 Å². The summed E-state index contributed by atoms with van der Waals surface area (Å²) in [7, 11) is 0. The quantitative estimate of drug-likeness (QED) is 0.650. The van der Waals surface area contributed by atoms with Crippen molar-refractivity contribution in [2.45, 2.75) is 0 Å². The molecule has 2 rings (SSSR count). The molecular weight excluding hydrogens is 371 g/mol. The molecular formula is C7H6N2PtS2. The summed E-state index contributed by atoms with van der Waals surface area (Å²) in [6.45, 7) is 0. The molecule has 12 heavy (non-hydrogen) atoms. The molecule has 5 heteroatoms. The standard InChI is InChI=1S/C7H6N2S2.Pt/c10-8-5-9(11)7-4-2-1-3-6(7)8;/h1-4,10-11H;. The molecule has 1 aromatic heterocycles. The number of rotatable bonds is 0. The molecule has 0 saturated heterocycles. The van der Waals surface area contributed by atoms with Crippen molar-refractivity contribution in [3.63, 3.8) is 0 Å². The SMILES string of the molecule is Sn1[c](=[Pt])n(S)c2ccccc21. The van der Waals surface area contributed by atoms with Crippen LogP contribution in [0.1, 0.15) is 0 Å². The van der Waals surface area contributed by atoms with E-state index >= 15 is 0 Å². The molecule has 0 amide bonds. The van der Waals surface area contributed by atoms with E-state index in [0.717, 1.165) is 14.8 Å². The number of hydrogen-bond donors (Lipinski definition) is 2. The van der Waals surface area contributed by atoms with Crippen molar-refractivity contribution in [3.8, 4) is 0 Å². The molecule has 0 aliphatic rings. The van der Waals surface area contributed by atoms with Crippen LogP contribution < -0.4 is 0 Å². The van der Waals surface area contributed by atoms with Gasteiger partial charge in [-0.15, -0.1) is 0 Å². The maximum atomic E-state index is 4.32. The summed E-state index contributed by atoms with van der Waals surface area (Å²) in [6.07, 6.45) is 0. The van der Waals surface area contributed by atoms with Gasteiger partial charge in [-0.1, -0.05) is 0 Å². The third kappa shape index (κ3) is 1.13. The van der Waals surface area contributed by atoms with Crippen molar-refractivity contribution >= 4 is 36.7 Å². The fraction of sp³-hybridized carbons (Fsp3) is 0. The summed E-state index contributed by atoms with van der Waals surface area (Å²) in [4.78, 5) is 0. The van der Waals surface area contributed by atoms with E-state index in [9.17, 15) is 0 Å². The fourth-order valence-corrected chi connectivity index (χ4v) is 2.23. The summed E-state index contributed by atoms with van der Waals surface area (Å²) in [5.41, 5.74) is 2.14. The van der Waals surface area contributed by atoms with Crippen LogP contribution >= 0.6 is 25.6 Å². The second kappa shape index (κ2) is 3.09. The van der Waals surface area contributed by atoms with E-state index < -0.39 is 0 Å². The zero-order valence-electron chi connectivity index (χ0n) is 5.91. The average Bonchev–Trinajstić information content (AvgIpc) is 2.33. The van der Waals surface area contributed by atoms with Crippen molar-refractivity contribution < 1.29 is 19.4 Å². The summed E-state index contributed by atoms with van der Waals surface area (Å²) >= 11 is 10.8. The van der Waals surface area contributed by atoms with Crippen LogP contribution in [-0.4, -0.2) is 7.94 Å². The summed E-state index contributed by atoms with van der Waals surface area (Å²) in [5.74, 6) is 0. The van der Waals surface area contributed by atoms with Crippen LogP contribution in [0.15, 0.2) is 24.3 Å². The van der Waals surface area contributed by atoms with Crippen LogP contribution in [0.4, 0.5) is 0 Å². The Balaban J connectivity index is 3.09. The van der Waals surface area contributed by atoms with Gasteiger partial charge in [0, 0.05) is 0 Å². The van der Waals surface area contributed by atoms with Crippen molar-refractivity contribution in [1.82, 2.24) is 7.94 Å². The number of para-hydroxylation sites is 2. The van der Waals surface area contributed by atoms with E-state index in [2.05, 4.69) is 45.0 Å². The summed E-state index contributed by atoms with van der Waals surface area (Å²) < 4.78 is 4.59. The predicted octanol–water partition coefficient (Wildman–Crippen LogP) is 1.91. The minimum absolute atomic E-state index is 0.975. The average molecular weight is 377 g/mol. The number of fused-ring (bicyclic) bond motifs is 1. The fourth-order valence-electron chi connectivity index (χ4n) is 1.10. The van der Waals surface area contributed by atoms with E-state index in [-0.39, 0.29) is 0 Å². The van der Waals surface area contributed by atoms with E-state index in [1.54, 1.807) is 0 Å². The first-order chi connectivity index (χ1) is 5.72. The molecule has 0 aliphatic carbocycles. The van der Waals surface area contributed by atoms with Crippen LogP contribution in [0, 0.1) is 3.80 Å². The molecule has 1 heterocycles. The molecule has 1 aromatic carbocycles. The number of imidazole rings is 1. The van der Waals surface area contributed by atoms with Gasteiger partial charge in [-0.25, -0.2) is 0 Å². The first kappa shape index (κ1) is 8.67. The Kier molecular flexibility index (Phi) is 2.23. The Morgan fingerprint density at radius 3 is 1.83 bits per heavy atom. The molecule has 0 saturated carbocycles.